The van der Waals surface area contributed by atoms with Crippen LogP contribution in [0.2, 0.25) is 0 Å². The molecule has 0 aliphatic rings. The van der Waals surface area contributed by atoms with Crippen molar-refractivity contribution >= 4 is 22.4 Å². The van der Waals surface area contributed by atoms with Gasteiger partial charge in [0, 0.05) is 41.9 Å². The zero-order chi connectivity index (χ0) is 20.1. The average molecular weight is 383 g/mol. The number of hydrogen-bond acceptors (Lipinski definition) is 3. The molecule has 1 atom stereocenters. The first-order valence-corrected chi connectivity index (χ1v) is 9.91. The summed E-state index contributed by atoms with van der Waals surface area (Å²) in [7, 11) is 1.91. The molecule has 0 spiro atoms. The normalized spacial score (nSPS) is 12.0. The number of rotatable bonds is 8. The Balaban J connectivity index is 1.54. The van der Waals surface area contributed by atoms with Gasteiger partial charge in [0.25, 0.3) is 0 Å². The molecule has 0 radical (unpaired) electrons. The Morgan fingerprint density at radius 1 is 0.931 bits per heavy atom. The first kappa shape index (κ1) is 19.0. The monoisotopic (exact) mass is 383 g/mol. The molecule has 29 heavy (non-hydrogen) atoms. The van der Waals surface area contributed by atoms with Gasteiger partial charge in [-0.15, -0.1) is 0 Å². The highest BCUT2D eigenvalue weighted by Crippen LogP contribution is 2.24. The molecule has 1 aromatic heterocycles. The van der Waals surface area contributed by atoms with Crippen LogP contribution in [0.25, 0.3) is 10.9 Å². The van der Waals surface area contributed by atoms with Gasteiger partial charge in [-0.25, -0.2) is 0 Å². The number of nitrogens with one attached hydrogen (secondary N) is 3. The molecule has 1 heterocycles. The van der Waals surface area contributed by atoms with E-state index in [2.05, 4.69) is 39.9 Å². The minimum atomic E-state index is -0.382. The number of carbonyl (C=O) groups excluding carboxylic acids is 1. The van der Waals surface area contributed by atoms with E-state index in [4.69, 9.17) is 0 Å². The van der Waals surface area contributed by atoms with E-state index in [0.717, 1.165) is 34.1 Å². The maximum Gasteiger partial charge on any atom is 0.186 e. The van der Waals surface area contributed by atoms with Crippen molar-refractivity contribution in [2.75, 3.05) is 18.9 Å². The fourth-order valence-electron chi connectivity index (χ4n) is 3.64. The predicted molar refractivity (Wildman–Crippen MR) is 120 cm³/mol. The molecular formula is C25H25N3O. The average Bonchev–Trinajstić information content (AvgIpc) is 3.21. The van der Waals surface area contributed by atoms with Crippen LogP contribution in [0.4, 0.5) is 5.69 Å². The number of anilines is 1. The number of fused-ring (bicyclic) bond motifs is 1. The van der Waals surface area contributed by atoms with Crippen LogP contribution in [0.3, 0.4) is 0 Å². The number of H-pyrrole nitrogens is 1. The fraction of sp³-hybridized carbons (Fsp3) is 0.160. The van der Waals surface area contributed by atoms with Gasteiger partial charge in [0.2, 0.25) is 0 Å². The number of aromatic nitrogens is 1. The third-order valence-electron chi connectivity index (χ3n) is 5.25. The Kier molecular flexibility index (Phi) is 5.73. The molecule has 3 aromatic carbocycles. The van der Waals surface area contributed by atoms with E-state index >= 15 is 0 Å². The molecule has 3 N–H and O–H groups in total. The van der Waals surface area contributed by atoms with Crippen molar-refractivity contribution in [3.63, 3.8) is 0 Å². The molecule has 0 unspecified atom stereocenters. The lowest BCUT2D eigenvalue weighted by atomic mass is 9.96. The van der Waals surface area contributed by atoms with Crippen molar-refractivity contribution < 1.29 is 4.79 Å². The smallest absolute Gasteiger partial charge is 0.186 e. The highest BCUT2D eigenvalue weighted by Gasteiger charge is 2.23. The number of benzene rings is 3. The predicted octanol–water partition coefficient (Wildman–Crippen LogP) is 4.97. The summed E-state index contributed by atoms with van der Waals surface area (Å²) in [4.78, 5) is 16.7. The minimum Gasteiger partial charge on any atom is -0.388 e. The maximum absolute atomic E-state index is 13.5. The van der Waals surface area contributed by atoms with Crippen molar-refractivity contribution in [2.24, 2.45) is 0 Å². The maximum atomic E-state index is 13.5. The molecule has 0 saturated carbocycles. The lowest BCUT2D eigenvalue weighted by Gasteiger charge is -2.18. The molecule has 0 aliphatic heterocycles. The highest BCUT2D eigenvalue weighted by atomic mass is 16.1. The third kappa shape index (κ3) is 4.23. The number of hydrogen-bond donors (Lipinski definition) is 3. The Labute approximate surface area is 171 Å². The van der Waals surface area contributed by atoms with E-state index in [1.165, 1.54) is 5.56 Å². The van der Waals surface area contributed by atoms with Crippen LogP contribution >= 0.6 is 0 Å². The van der Waals surface area contributed by atoms with Gasteiger partial charge in [-0.1, -0.05) is 60.7 Å². The second-order valence-electron chi connectivity index (χ2n) is 7.11. The van der Waals surface area contributed by atoms with Gasteiger partial charge < -0.3 is 15.6 Å². The second-order valence-corrected chi connectivity index (χ2v) is 7.11. The molecule has 4 nitrogen and oxygen atoms in total. The van der Waals surface area contributed by atoms with Gasteiger partial charge in [0.05, 0.1) is 6.04 Å². The van der Waals surface area contributed by atoms with Gasteiger partial charge in [-0.2, -0.15) is 0 Å². The van der Waals surface area contributed by atoms with Crippen LogP contribution in [-0.4, -0.2) is 24.4 Å². The minimum absolute atomic E-state index is 0.0826. The largest absolute Gasteiger partial charge is 0.388 e. The van der Waals surface area contributed by atoms with Crippen molar-refractivity contribution in [3.05, 3.63) is 102 Å². The van der Waals surface area contributed by atoms with Gasteiger partial charge in [0.1, 0.15) is 0 Å². The molecule has 0 amide bonds. The fourth-order valence-corrected chi connectivity index (χ4v) is 3.64. The molecule has 146 valence electrons. The van der Waals surface area contributed by atoms with E-state index in [1.807, 2.05) is 67.8 Å². The SMILES string of the molecule is CNc1ccc(CCN[C@H](C(=O)c2c[nH]c3ccccc23)c2ccccc2)cc1. The Hall–Kier alpha value is -3.37. The lowest BCUT2D eigenvalue weighted by Crippen LogP contribution is -2.30. The molecule has 0 bridgehead atoms. The van der Waals surface area contributed by atoms with Gasteiger partial charge >= 0.3 is 0 Å². The van der Waals surface area contributed by atoms with Crippen LogP contribution < -0.4 is 10.6 Å². The van der Waals surface area contributed by atoms with Crippen molar-refractivity contribution in [1.82, 2.24) is 10.3 Å². The number of aromatic amines is 1. The lowest BCUT2D eigenvalue weighted by molar-refractivity contribution is 0.0945. The summed E-state index contributed by atoms with van der Waals surface area (Å²) in [5.74, 6) is 0.0826. The number of para-hydroxylation sites is 1. The zero-order valence-electron chi connectivity index (χ0n) is 16.5. The summed E-state index contributed by atoms with van der Waals surface area (Å²) in [5.41, 5.74) is 5.02. The molecule has 4 heteroatoms. The standard InChI is InChI=1S/C25H25N3O/c1-26-20-13-11-18(12-14-20)15-16-27-24(19-7-3-2-4-8-19)25(29)22-17-28-23-10-6-5-9-21(22)23/h2-14,17,24,26-28H,15-16H2,1H3/t24-/m0/s1. The second kappa shape index (κ2) is 8.76. The first-order chi connectivity index (χ1) is 14.3. The molecule has 4 aromatic rings. The Morgan fingerprint density at radius 2 is 1.66 bits per heavy atom. The summed E-state index contributed by atoms with van der Waals surface area (Å²) in [6, 6.07) is 25.8. The van der Waals surface area contributed by atoms with Gasteiger partial charge in [0.15, 0.2) is 5.78 Å². The molecule has 0 fully saturated rings. The summed E-state index contributed by atoms with van der Waals surface area (Å²) in [6.45, 7) is 0.715. The van der Waals surface area contributed by atoms with Gasteiger partial charge in [-0.05, 0) is 35.7 Å². The van der Waals surface area contributed by atoms with E-state index < -0.39 is 0 Å². The van der Waals surface area contributed by atoms with Crippen LogP contribution in [0.1, 0.15) is 27.5 Å². The summed E-state index contributed by atoms with van der Waals surface area (Å²) in [5, 5.41) is 7.58. The van der Waals surface area contributed by atoms with E-state index in [-0.39, 0.29) is 11.8 Å². The van der Waals surface area contributed by atoms with Crippen LogP contribution in [0, 0.1) is 0 Å². The number of Topliss-reactive ketones (excluding diaryl/α,β-unsaturated/α-hetero) is 1. The van der Waals surface area contributed by atoms with E-state index in [0.29, 0.717) is 6.54 Å². The zero-order valence-corrected chi connectivity index (χ0v) is 16.5. The van der Waals surface area contributed by atoms with Crippen molar-refractivity contribution in [2.45, 2.75) is 12.5 Å². The molecule has 0 saturated heterocycles. The summed E-state index contributed by atoms with van der Waals surface area (Å²) < 4.78 is 0. The first-order valence-electron chi connectivity index (χ1n) is 9.91. The van der Waals surface area contributed by atoms with Crippen molar-refractivity contribution in [1.29, 1.82) is 0 Å². The Bertz CT molecular complexity index is 1080. The van der Waals surface area contributed by atoms with Crippen molar-refractivity contribution in [3.8, 4) is 0 Å². The quantitative estimate of drug-likeness (QED) is 0.377. The van der Waals surface area contributed by atoms with Crippen LogP contribution in [-0.2, 0) is 6.42 Å². The molecular weight excluding hydrogens is 358 g/mol. The third-order valence-corrected chi connectivity index (χ3v) is 5.25. The summed E-state index contributed by atoms with van der Waals surface area (Å²) in [6.07, 6.45) is 2.68. The highest BCUT2D eigenvalue weighted by molar-refractivity contribution is 6.10. The topological polar surface area (TPSA) is 56.9 Å². The van der Waals surface area contributed by atoms with Crippen LogP contribution in [0.15, 0.2) is 85.1 Å². The summed E-state index contributed by atoms with van der Waals surface area (Å²) >= 11 is 0. The Morgan fingerprint density at radius 3 is 2.41 bits per heavy atom. The van der Waals surface area contributed by atoms with E-state index in [1.54, 1.807) is 0 Å². The molecule has 0 aliphatic carbocycles. The van der Waals surface area contributed by atoms with Gasteiger partial charge in [-0.3, -0.25) is 4.79 Å². The van der Waals surface area contributed by atoms with E-state index in [9.17, 15) is 4.79 Å². The number of ketones is 1. The van der Waals surface area contributed by atoms with Crippen LogP contribution in [0.5, 0.6) is 0 Å². The number of carbonyl (C=O) groups is 1. The molecule has 4 rings (SSSR count).